The van der Waals surface area contributed by atoms with E-state index in [0.29, 0.717) is 11.5 Å². The van der Waals surface area contributed by atoms with Gasteiger partial charge in [-0.15, -0.1) is 0 Å². The average molecular weight is 205 g/mol. The van der Waals surface area contributed by atoms with Gasteiger partial charge < -0.3 is 10.5 Å². The highest BCUT2D eigenvalue weighted by molar-refractivity contribution is 5.93. The zero-order valence-corrected chi connectivity index (χ0v) is 8.52. The van der Waals surface area contributed by atoms with E-state index in [2.05, 4.69) is 9.72 Å². The van der Waals surface area contributed by atoms with Gasteiger partial charge in [0.15, 0.2) is 5.69 Å². The van der Waals surface area contributed by atoms with Gasteiger partial charge >= 0.3 is 5.97 Å². The van der Waals surface area contributed by atoms with E-state index in [1.54, 1.807) is 10.6 Å². The largest absolute Gasteiger partial charge is 0.464 e. The monoisotopic (exact) mass is 205 g/mol. The number of rotatable bonds is 1. The summed E-state index contributed by atoms with van der Waals surface area (Å²) < 4.78 is 6.26. The van der Waals surface area contributed by atoms with E-state index < -0.39 is 5.97 Å². The minimum Gasteiger partial charge on any atom is -0.464 e. The quantitative estimate of drug-likeness (QED) is 0.705. The zero-order chi connectivity index (χ0) is 11.0. The third-order valence-corrected chi connectivity index (χ3v) is 2.26. The smallest absolute Gasteiger partial charge is 0.360 e. The maximum atomic E-state index is 11.3. The summed E-state index contributed by atoms with van der Waals surface area (Å²) in [5, 5.41) is 0. The highest BCUT2D eigenvalue weighted by Crippen LogP contribution is 2.17. The summed E-state index contributed by atoms with van der Waals surface area (Å²) in [6.45, 7) is 1.91. The van der Waals surface area contributed by atoms with Gasteiger partial charge in [0, 0.05) is 6.20 Å². The van der Waals surface area contributed by atoms with Crippen LogP contribution >= 0.6 is 0 Å². The maximum Gasteiger partial charge on any atom is 0.360 e. The molecule has 5 heteroatoms. The van der Waals surface area contributed by atoms with Crippen LogP contribution in [0.4, 0.5) is 5.82 Å². The standard InChI is InChI=1S/C10H11N3O2/c1-6-4-3-5-13-8(11)7(10(14)15-2)12-9(6)13/h3-5H,11H2,1-2H3. The first-order valence-electron chi connectivity index (χ1n) is 4.46. The van der Waals surface area contributed by atoms with Crippen LogP contribution in [-0.4, -0.2) is 22.5 Å². The molecule has 0 aliphatic heterocycles. The maximum absolute atomic E-state index is 11.3. The number of aryl methyl sites for hydroxylation is 1. The van der Waals surface area contributed by atoms with Crippen LogP contribution in [0.5, 0.6) is 0 Å². The highest BCUT2D eigenvalue weighted by Gasteiger charge is 2.17. The van der Waals surface area contributed by atoms with Crippen molar-refractivity contribution in [1.29, 1.82) is 0 Å². The number of hydrogen-bond acceptors (Lipinski definition) is 4. The van der Waals surface area contributed by atoms with Crippen molar-refractivity contribution in [2.45, 2.75) is 6.92 Å². The van der Waals surface area contributed by atoms with Crippen LogP contribution in [0.1, 0.15) is 16.1 Å². The fourth-order valence-corrected chi connectivity index (χ4v) is 1.47. The van der Waals surface area contributed by atoms with Crippen LogP contribution < -0.4 is 5.73 Å². The Morgan fingerprint density at radius 3 is 2.93 bits per heavy atom. The number of aromatic nitrogens is 2. The van der Waals surface area contributed by atoms with Gasteiger partial charge in [-0.25, -0.2) is 9.78 Å². The van der Waals surface area contributed by atoms with E-state index in [1.165, 1.54) is 7.11 Å². The number of imidazole rings is 1. The van der Waals surface area contributed by atoms with Crippen molar-refractivity contribution in [3.8, 4) is 0 Å². The summed E-state index contributed by atoms with van der Waals surface area (Å²) in [4.78, 5) is 15.5. The Morgan fingerprint density at radius 2 is 2.33 bits per heavy atom. The van der Waals surface area contributed by atoms with Gasteiger partial charge in [-0.05, 0) is 18.6 Å². The average Bonchev–Trinajstić information content (AvgIpc) is 2.57. The van der Waals surface area contributed by atoms with Crippen LogP contribution in [0, 0.1) is 6.92 Å². The molecule has 0 aromatic carbocycles. The van der Waals surface area contributed by atoms with Crippen molar-refractivity contribution in [3.05, 3.63) is 29.6 Å². The molecule has 2 rings (SSSR count). The highest BCUT2D eigenvalue weighted by atomic mass is 16.5. The third kappa shape index (κ3) is 1.32. The van der Waals surface area contributed by atoms with Gasteiger partial charge in [0.05, 0.1) is 7.11 Å². The van der Waals surface area contributed by atoms with E-state index in [9.17, 15) is 4.79 Å². The number of esters is 1. The van der Waals surface area contributed by atoms with Crippen LogP contribution in [0.15, 0.2) is 18.3 Å². The topological polar surface area (TPSA) is 69.6 Å². The Labute approximate surface area is 86.5 Å². The lowest BCUT2D eigenvalue weighted by Gasteiger charge is -1.97. The van der Waals surface area contributed by atoms with Crippen LogP contribution in [0.3, 0.4) is 0 Å². The Bertz CT molecular complexity index is 531. The number of hydrogen-bond donors (Lipinski definition) is 1. The van der Waals surface area contributed by atoms with Crippen LogP contribution in [0.2, 0.25) is 0 Å². The first-order chi connectivity index (χ1) is 7.15. The molecule has 0 saturated carbocycles. The molecular weight excluding hydrogens is 194 g/mol. The van der Waals surface area contributed by atoms with E-state index in [0.717, 1.165) is 5.56 Å². The molecule has 0 radical (unpaired) electrons. The summed E-state index contributed by atoms with van der Waals surface area (Å²) in [5.41, 5.74) is 7.58. The van der Waals surface area contributed by atoms with Crippen LogP contribution in [0.25, 0.3) is 5.65 Å². The molecule has 15 heavy (non-hydrogen) atoms. The summed E-state index contributed by atoms with van der Waals surface area (Å²) in [6.07, 6.45) is 1.76. The molecule has 0 aliphatic carbocycles. The second-order valence-corrected chi connectivity index (χ2v) is 3.22. The normalized spacial score (nSPS) is 10.5. The van der Waals surface area contributed by atoms with Gasteiger partial charge in [-0.2, -0.15) is 0 Å². The van der Waals surface area contributed by atoms with E-state index in [1.807, 2.05) is 19.1 Å². The van der Waals surface area contributed by atoms with E-state index in [-0.39, 0.29) is 5.69 Å². The first kappa shape index (κ1) is 9.51. The van der Waals surface area contributed by atoms with Gasteiger partial charge in [-0.1, -0.05) is 6.07 Å². The SMILES string of the molecule is COC(=O)c1nc2c(C)cccn2c1N. The number of methoxy groups -OCH3 is 1. The van der Waals surface area contributed by atoms with Gasteiger partial charge in [0.25, 0.3) is 0 Å². The molecule has 2 heterocycles. The summed E-state index contributed by atoms with van der Waals surface area (Å²) in [7, 11) is 1.30. The lowest BCUT2D eigenvalue weighted by molar-refractivity contribution is 0.0596. The molecule has 0 unspecified atom stereocenters. The minimum absolute atomic E-state index is 0.159. The molecule has 2 N–H and O–H groups in total. The van der Waals surface area contributed by atoms with Crippen molar-refractivity contribution in [2.75, 3.05) is 12.8 Å². The predicted octanol–water partition coefficient (Wildman–Crippen LogP) is 1.01. The predicted molar refractivity (Wildman–Crippen MR) is 55.7 cm³/mol. The third-order valence-electron chi connectivity index (χ3n) is 2.26. The molecule has 0 aliphatic rings. The summed E-state index contributed by atoms with van der Waals surface area (Å²) in [6, 6.07) is 3.75. The Hall–Kier alpha value is -2.04. The molecule has 0 atom stereocenters. The van der Waals surface area contributed by atoms with Crippen LogP contribution in [-0.2, 0) is 4.74 Å². The molecule has 0 amide bonds. The number of carbonyl (C=O) groups is 1. The number of nitrogens with two attached hydrogens (primary N) is 1. The van der Waals surface area contributed by atoms with E-state index in [4.69, 9.17) is 5.73 Å². The molecule has 2 aromatic heterocycles. The second kappa shape index (κ2) is 3.27. The Morgan fingerprint density at radius 1 is 1.60 bits per heavy atom. The molecule has 2 aromatic rings. The minimum atomic E-state index is -0.518. The molecule has 78 valence electrons. The fraction of sp³-hybridized carbons (Fsp3) is 0.200. The Kier molecular flexibility index (Phi) is 2.07. The number of fused-ring (bicyclic) bond motifs is 1. The number of anilines is 1. The number of carbonyl (C=O) groups excluding carboxylic acids is 1. The van der Waals surface area contributed by atoms with Crippen molar-refractivity contribution >= 4 is 17.4 Å². The number of pyridine rings is 1. The summed E-state index contributed by atoms with van der Waals surface area (Å²) in [5.74, 6) is -0.212. The molecule has 0 spiro atoms. The Balaban J connectivity index is 2.75. The van der Waals surface area contributed by atoms with E-state index >= 15 is 0 Å². The van der Waals surface area contributed by atoms with Gasteiger partial charge in [-0.3, -0.25) is 4.40 Å². The van der Waals surface area contributed by atoms with Gasteiger partial charge in [0.1, 0.15) is 11.5 Å². The lowest BCUT2D eigenvalue weighted by atomic mass is 10.3. The molecular formula is C10H11N3O2. The van der Waals surface area contributed by atoms with Gasteiger partial charge in [0.2, 0.25) is 0 Å². The van der Waals surface area contributed by atoms with Crippen molar-refractivity contribution in [2.24, 2.45) is 0 Å². The first-order valence-corrected chi connectivity index (χ1v) is 4.46. The molecule has 0 bridgehead atoms. The lowest BCUT2D eigenvalue weighted by Crippen LogP contribution is -2.05. The zero-order valence-electron chi connectivity index (χ0n) is 8.52. The molecule has 0 fully saturated rings. The van der Waals surface area contributed by atoms with Crippen molar-refractivity contribution in [3.63, 3.8) is 0 Å². The second-order valence-electron chi connectivity index (χ2n) is 3.22. The van der Waals surface area contributed by atoms with Crippen molar-refractivity contribution < 1.29 is 9.53 Å². The fourth-order valence-electron chi connectivity index (χ4n) is 1.47. The molecule has 5 nitrogen and oxygen atoms in total. The summed E-state index contributed by atoms with van der Waals surface area (Å²) >= 11 is 0. The number of nitrogens with zero attached hydrogens (tertiary/aromatic N) is 2. The number of nitrogen functional groups attached to an aromatic ring is 1. The number of ether oxygens (including phenoxy) is 1. The van der Waals surface area contributed by atoms with Crippen molar-refractivity contribution in [1.82, 2.24) is 9.38 Å². The molecule has 0 saturated heterocycles.